The molecule has 1 rings (SSSR count). The van der Waals surface area contributed by atoms with E-state index in [2.05, 4.69) is 25.3 Å². The summed E-state index contributed by atoms with van der Waals surface area (Å²) in [5.74, 6) is -0.278. The monoisotopic (exact) mass is 220 g/mol. The van der Waals surface area contributed by atoms with Crippen LogP contribution < -0.4 is 0 Å². The number of allylic oxidation sites excluding steroid dienone is 4. The Hall–Kier alpha value is -1.31. The molecule has 2 atom stereocenters. The number of rotatable bonds is 6. The summed E-state index contributed by atoms with van der Waals surface area (Å²) in [6, 6.07) is 0. The molecular weight excluding hydrogens is 200 g/mol. The van der Waals surface area contributed by atoms with E-state index in [0.29, 0.717) is 6.42 Å². The molecule has 0 fully saturated rings. The van der Waals surface area contributed by atoms with E-state index in [-0.39, 0.29) is 17.3 Å². The fourth-order valence-corrected chi connectivity index (χ4v) is 2.50. The Balaban J connectivity index is 2.95. The first-order valence-electron chi connectivity index (χ1n) is 5.67. The van der Waals surface area contributed by atoms with E-state index in [0.717, 1.165) is 19.3 Å². The summed E-state index contributed by atoms with van der Waals surface area (Å²) >= 11 is 0. The van der Waals surface area contributed by atoms with Crippen LogP contribution in [0.3, 0.4) is 0 Å². The standard InChI is InChI=1S/C14H20O2/c1-4-8-12(13(15)16-3)14(9-5-2)10-6-7-11-14/h4-6,10,12H,1-2,7-9,11H2,3H3. The summed E-state index contributed by atoms with van der Waals surface area (Å²) in [7, 11) is 1.44. The Morgan fingerprint density at radius 2 is 2.31 bits per heavy atom. The zero-order chi connectivity index (χ0) is 12.0. The SMILES string of the molecule is C=CCC(C(=O)OC)C1(CC=C)C=CCC1. The molecule has 0 amide bonds. The molecule has 2 nitrogen and oxygen atoms in total. The highest BCUT2D eigenvalue weighted by Gasteiger charge is 2.41. The third kappa shape index (κ3) is 2.43. The summed E-state index contributed by atoms with van der Waals surface area (Å²) in [5, 5.41) is 0. The molecular formula is C14H20O2. The molecule has 2 unspecified atom stereocenters. The minimum Gasteiger partial charge on any atom is -0.469 e. The van der Waals surface area contributed by atoms with Crippen molar-refractivity contribution in [2.75, 3.05) is 7.11 Å². The van der Waals surface area contributed by atoms with Gasteiger partial charge in [0.1, 0.15) is 0 Å². The summed E-state index contributed by atoms with van der Waals surface area (Å²) < 4.78 is 4.89. The maximum Gasteiger partial charge on any atom is 0.309 e. The van der Waals surface area contributed by atoms with Crippen LogP contribution in [0.15, 0.2) is 37.5 Å². The fraction of sp³-hybridized carbons (Fsp3) is 0.500. The largest absolute Gasteiger partial charge is 0.469 e. The van der Waals surface area contributed by atoms with Gasteiger partial charge in [0.2, 0.25) is 0 Å². The van der Waals surface area contributed by atoms with Gasteiger partial charge in [0.25, 0.3) is 0 Å². The van der Waals surface area contributed by atoms with Gasteiger partial charge in [0, 0.05) is 5.41 Å². The normalized spacial score (nSPS) is 25.1. The van der Waals surface area contributed by atoms with Gasteiger partial charge >= 0.3 is 5.97 Å². The first-order chi connectivity index (χ1) is 7.70. The number of carbonyl (C=O) groups is 1. The molecule has 0 spiro atoms. The van der Waals surface area contributed by atoms with E-state index in [4.69, 9.17) is 4.74 Å². The second kappa shape index (κ2) is 5.69. The topological polar surface area (TPSA) is 26.3 Å². The number of methoxy groups -OCH3 is 1. The van der Waals surface area contributed by atoms with Crippen molar-refractivity contribution in [1.29, 1.82) is 0 Å². The number of hydrogen-bond donors (Lipinski definition) is 0. The Bertz CT molecular complexity index is 304. The van der Waals surface area contributed by atoms with Gasteiger partial charge in [-0.3, -0.25) is 4.79 Å². The molecule has 88 valence electrons. The van der Waals surface area contributed by atoms with E-state index >= 15 is 0 Å². The van der Waals surface area contributed by atoms with Crippen molar-refractivity contribution in [1.82, 2.24) is 0 Å². The average Bonchev–Trinajstić information content (AvgIpc) is 2.75. The van der Waals surface area contributed by atoms with Crippen molar-refractivity contribution in [3.63, 3.8) is 0 Å². The van der Waals surface area contributed by atoms with Gasteiger partial charge in [-0.25, -0.2) is 0 Å². The molecule has 0 N–H and O–H groups in total. The molecule has 2 heteroatoms. The van der Waals surface area contributed by atoms with Gasteiger partial charge < -0.3 is 4.74 Å². The molecule has 0 aromatic heterocycles. The smallest absolute Gasteiger partial charge is 0.309 e. The van der Waals surface area contributed by atoms with Crippen molar-refractivity contribution >= 4 is 5.97 Å². The van der Waals surface area contributed by atoms with Crippen LogP contribution in [-0.2, 0) is 9.53 Å². The minimum atomic E-state index is -0.145. The number of esters is 1. The van der Waals surface area contributed by atoms with Gasteiger partial charge in [-0.2, -0.15) is 0 Å². The van der Waals surface area contributed by atoms with Crippen molar-refractivity contribution < 1.29 is 9.53 Å². The van der Waals surface area contributed by atoms with Crippen LogP contribution in [-0.4, -0.2) is 13.1 Å². The molecule has 0 heterocycles. The lowest BCUT2D eigenvalue weighted by molar-refractivity contribution is -0.149. The van der Waals surface area contributed by atoms with E-state index in [1.54, 1.807) is 6.08 Å². The highest BCUT2D eigenvalue weighted by Crippen LogP contribution is 2.45. The minimum absolute atomic E-state index is 0.108. The molecule has 1 aliphatic rings. The quantitative estimate of drug-likeness (QED) is 0.507. The zero-order valence-electron chi connectivity index (χ0n) is 9.95. The molecule has 0 saturated heterocycles. The van der Waals surface area contributed by atoms with Crippen molar-refractivity contribution in [2.24, 2.45) is 11.3 Å². The molecule has 0 radical (unpaired) electrons. The molecule has 0 saturated carbocycles. The maximum absolute atomic E-state index is 11.8. The van der Waals surface area contributed by atoms with Crippen LogP contribution >= 0.6 is 0 Å². The van der Waals surface area contributed by atoms with E-state index in [1.165, 1.54) is 7.11 Å². The second-order valence-electron chi connectivity index (χ2n) is 4.27. The average molecular weight is 220 g/mol. The van der Waals surface area contributed by atoms with E-state index in [9.17, 15) is 4.79 Å². The van der Waals surface area contributed by atoms with Gasteiger partial charge in [0.05, 0.1) is 13.0 Å². The van der Waals surface area contributed by atoms with E-state index < -0.39 is 0 Å². The number of ether oxygens (including phenoxy) is 1. The third-order valence-corrected chi connectivity index (χ3v) is 3.33. The lowest BCUT2D eigenvalue weighted by Crippen LogP contribution is -2.33. The second-order valence-corrected chi connectivity index (χ2v) is 4.27. The van der Waals surface area contributed by atoms with Crippen LogP contribution in [0.25, 0.3) is 0 Å². The Morgan fingerprint density at radius 1 is 1.56 bits per heavy atom. The van der Waals surface area contributed by atoms with Crippen molar-refractivity contribution in [3.8, 4) is 0 Å². The van der Waals surface area contributed by atoms with Gasteiger partial charge in [-0.1, -0.05) is 24.3 Å². The highest BCUT2D eigenvalue weighted by molar-refractivity contribution is 5.74. The van der Waals surface area contributed by atoms with Crippen molar-refractivity contribution in [3.05, 3.63) is 37.5 Å². The van der Waals surface area contributed by atoms with Crippen LogP contribution in [0.4, 0.5) is 0 Å². The Labute approximate surface area is 97.7 Å². The fourth-order valence-electron chi connectivity index (χ4n) is 2.50. The summed E-state index contributed by atoms with van der Waals surface area (Å²) in [4.78, 5) is 11.8. The lowest BCUT2D eigenvalue weighted by atomic mass is 9.71. The number of carbonyl (C=O) groups excluding carboxylic acids is 1. The Morgan fingerprint density at radius 3 is 2.75 bits per heavy atom. The van der Waals surface area contributed by atoms with Crippen LogP contribution in [0, 0.1) is 11.3 Å². The third-order valence-electron chi connectivity index (χ3n) is 3.33. The summed E-state index contributed by atoms with van der Waals surface area (Å²) in [6.07, 6.45) is 11.5. The molecule has 16 heavy (non-hydrogen) atoms. The molecule has 1 aliphatic carbocycles. The van der Waals surface area contributed by atoms with Crippen LogP contribution in [0.2, 0.25) is 0 Å². The van der Waals surface area contributed by atoms with Gasteiger partial charge in [0.15, 0.2) is 0 Å². The van der Waals surface area contributed by atoms with Crippen LogP contribution in [0.1, 0.15) is 25.7 Å². The van der Waals surface area contributed by atoms with Crippen LogP contribution in [0.5, 0.6) is 0 Å². The molecule has 0 aromatic rings. The molecule has 0 bridgehead atoms. The highest BCUT2D eigenvalue weighted by atomic mass is 16.5. The summed E-state index contributed by atoms with van der Waals surface area (Å²) in [6.45, 7) is 7.51. The Kier molecular flexibility index (Phi) is 4.53. The molecule has 0 aliphatic heterocycles. The number of hydrogen-bond acceptors (Lipinski definition) is 2. The predicted octanol–water partition coefficient (Wildman–Crippen LogP) is 3.26. The first kappa shape index (κ1) is 12.8. The molecule has 0 aromatic carbocycles. The predicted molar refractivity (Wildman–Crippen MR) is 65.9 cm³/mol. The van der Waals surface area contributed by atoms with E-state index in [1.807, 2.05) is 6.08 Å². The van der Waals surface area contributed by atoms with Gasteiger partial charge in [-0.05, 0) is 25.7 Å². The lowest BCUT2D eigenvalue weighted by Gasteiger charge is -2.33. The first-order valence-corrected chi connectivity index (χ1v) is 5.67. The summed E-state index contributed by atoms with van der Waals surface area (Å²) in [5.41, 5.74) is -0.108. The van der Waals surface area contributed by atoms with Crippen molar-refractivity contribution in [2.45, 2.75) is 25.7 Å². The zero-order valence-corrected chi connectivity index (χ0v) is 9.95. The maximum atomic E-state index is 11.8. The van der Waals surface area contributed by atoms with Gasteiger partial charge in [-0.15, -0.1) is 13.2 Å².